The SMILES string of the molecule is O=C(O)N1CCOCC1N1C(=O)CCC1=O. The van der Waals surface area contributed by atoms with Gasteiger partial charge in [0.25, 0.3) is 0 Å². The first kappa shape index (κ1) is 10.9. The van der Waals surface area contributed by atoms with Crippen LogP contribution in [0.2, 0.25) is 0 Å². The van der Waals surface area contributed by atoms with E-state index in [1.54, 1.807) is 0 Å². The Morgan fingerprint density at radius 2 is 1.94 bits per heavy atom. The highest BCUT2D eigenvalue weighted by Crippen LogP contribution is 2.20. The number of hydrogen-bond donors (Lipinski definition) is 1. The quantitative estimate of drug-likeness (QED) is 0.610. The Hall–Kier alpha value is -1.63. The van der Waals surface area contributed by atoms with E-state index in [9.17, 15) is 14.4 Å². The molecule has 2 aliphatic rings. The van der Waals surface area contributed by atoms with Crippen LogP contribution < -0.4 is 0 Å². The lowest BCUT2D eigenvalue weighted by molar-refractivity contribution is -0.151. The third-order valence-electron chi connectivity index (χ3n) is 2.74. The van der Waals surface area contributed by atoms with Crippen LogP contribution in [0.5, 0.6) is 0 Å². The number of morpholine rings is 1. The largest absolute Gasteiger partial charge is 0.465 e. The third-order valence-corrected chi connectivity index (χ3v) is 2.74. The van der Waals surface area contributed by atoms with Gasteiger partial charge in [0.2, 0.25) is 11.8 Å². The zero-order valence-corrected chi connectivity index (χ0v) is 8.59. The van der Waals surface area contributed by atoms with Crippen molar-refractivity contribution in [3.8, 4) is 0 Å². The molecule has 0 radical (unpaired) electrons. The molecule has 0 aliphatic carbocycles. The zero-order chi connectivity index (χ0) is 11.7. The summed E-state index contributed by atoms with van der Waals surface area (Å²) < 4.78 is 5.12. The molecular formula is C9H12N2O5. The van der Waals surface area contributed by atoms with Crippen LogP contribution in [0.15, 0.2) is 0 Å². The van der Waals surface area contributed by atoms with Crippen LogP contribution in [0.1, 0.15) is 12.8 Å². The molecule has 2 fully saturated rings. The van der Waals surface area contributed by atoms with Gasteiger partial charge in [-0.3, -0.25) is 19.4 Å². The molecule has 1 unspecified atom stereocenters. The predicted octanol–water partition coefficient (Wildman–Crippen LogP) is -0.528. The van der Waals surface area contributed by atoms with Crippen LogP contribution >= 0.6 is 0 Å². The molecule has 2 saturated heterocycles. The Labute approximate surface area is 91.6 Å². The van der Waals surface area contributed by atoms with E-state index in [-0.39, 0.29) is 37.8 Å². The number of ether oxygens (including phenoxy) is 1. The maximum absolute atomic E-state index is 11.5. The number of amides is 3. The second kappa shape index (κ2) is 4.09. The van der Waals surface area contributed by atoms with Crippen molar-refractivity contribution in [2.75, 3.05) is 19.8 Å². The molecule has 16 heavy (non-hydrogen) atoms. The van der Waals surface area contributed by atoms with Gasteiger partial charge in [0.15, 0.2) is 0 Å². The molecule has 0 aromatic carbocycles. The molecule has 0 saturated carbocycles. The minimum Gasteiger partial charge on any atom is -0.465 e. The van der Waals surface area contributed by atoms with Gasteiger partial charge < -0.3 is 9.84 Å². The standard InChI is InChI=1S/C9H12N2O5/c12-7-1-2-8(13)11(7)6-5-16-4-3-10(6)9(14)15/h6H,1-5H2,(H,14,15). The second-order valence-corrected chi connectivity index (χ2v) is 3.69. The minimum atomic E-state index is -1.14. The van der Waals surface area contributed by atoms with E-state index in [1.807, 2.05) is 0 Å². The van der Waals surface area contributed by atoms with E-state index in [0.717, 1.165) is 9.80 Å². The Kier molecular flexibility index (Phi) is 2.78. The van der Waals surface area contributed by atoms with E-state index >= 15 is 0 Å². The highest BCUT2D eigenvalue weighted by molar-refractivity contribution is 6.02. The van der Waals surface area contributed by atoms with Crippen LogP contribution in [0.4, 0.5) is 4.79 Å². The van der Waals surface area contributed by atoms with Gasteiger partial charge in [0.1, 0.15) is 6.17 Å². The predicted molar refractivity (Wildman–Crippen MR) is 50.4 cm³/mol. The van der Waals surface area contributed by atoms with Crippen molar-refractivity contribution in [2.24, 2.45) is 0 Å². The first-order valence-corrected chi connectivity index (χ1v) is 5.03. The van der Waals surface area contributed by atoms with E-state index < -0.39 is 12.3 Å². The molecule has 0 aromatic rings. The van der Waals surface area contributed by atoms with Crippen molar-refractivity contribution < 1.29 is 24.2 Å². The normalized spacial score (nSPS) is 26.4. The summed E-state index contributed by atoms with van der Waals surface area (Å²) in [5.74, 6) is -0.654. The number of carbonyl (C=O) groups is 3. The van der Waals surface area contributed by atoms with Gasteiger partial charge >= 0.3 is 6.09 Å². The Morgan fingerprint density at radius 3 is 2.50 bits per heavy atom. The van der Waals surface area contributed by atoms with Crippen LogP contribution in [0, 0.1) is 0 Å². The fraction of sp³-hybridized carbons (Fsp3) is 0.667. The van der Waals surface area contributed by atoms with Crippen molar-refractivity contribution in [1.82, 2.24) is 9.80 Å². The van der Waals surface area contributed by atoms with Gasteiger partial charge in [0.05, 0.1) is 13.2 Å². The molecule has 3 amide bonds. The van der Waals surface area contributed by atoms with E-state index in [0.29, 0.717) is 6.61 Å². The number of likely N-dealkylation sites (tertiary alicyclic amines) is 1. The van der Waals surface area contributed by atoms with E-state index in [1.165, 1.54) is 0 Å². The van der Waals surface area contributed by atoms with Crippen molar-refractivity contribution in [2.45, 2.75) is 19.0 Å². The molecule has 0 aromatic heterocycles. The molecule has 88 valence electrons. The molecule has 0 bridgehead atoms. The van der Waals surface area contributed by atoms with Crippen molar-refractivity contribution >= 4 is 17.9 Å². The van der Waals surface area contributed by atoms with Gasteiger partial charge in [0, 0.05) is 19.4 Å². The Bertz CT molecular complexity index is 327. The lowest BCUT2D eigenvalue weighted by atomic mass is 10.3. The van der Waals surface area contributed by atoms with Crippen LogP contribution in [0.3, 0.4) is 0 Å². The molecule has 2 rings (SSSR count). The lowest BCUT2D eigenvalue weighted by Crippen LogP contribution is -2.58. The van der Waals surface area contributed by atoms with Crippen LogP contribution in [0.25, 0.3) is 0 Å². The second-order valence-electron chi connectivity index (χ2n) is 3.69. The summed E-state index contributed by atoms with van der Waals surface area (Å²) in [5.41, 5.74) is 0. The number of rotatable bonds is 1. The van der Waals surface area contributed by atoms with Crippen LogP contribution in [-0.2, 0) is 14.3 Å². The van der Waals surface area contributed by atoms with Gasteiger partial charge in [-0.15, -0.1) is 0 Å². The number of imide groups is 1. The van der Waals surface area contributed by atoms with Gasteiger partial charge in [-0.2, -0.15) is 0 Å². The van der Waals surface area contributed by atoms with E-state index in [2.05, 4.69) is 0 Å². The number of carboxylic acid groups (broad SMARTS) is 1. The summed E-state index contributed by atoms with van der Waals surface area (Å²) in [5, 5.41) is 8.96. The third kappa shape index (κ3) is 1.73. The average Bonchev–Trinajstić information content (AvgIpc) is 2.58. The molecule has 7 heteroatoms. The molecule has 7 nitrogen and oxygen atoms in total. The van der Waals surface area contributed by atoms with Gasteiger partial charge in [-0.1, -0.05) is 0 Å². The van der Waals surface area contributed by atoms with Crippen molar-refractivity contribution in [1.29, 1.82) is 0 Å². The summed E-state index contributed by atoms with van der Waals surface area (Å²) in [6, 6.07) is 0. The van der Waals surface area contributed by atoms with Crippen LogP contribution in [-0.4, -0.2) is 58.7 Å². The minimum absolute atomic E-state index is 0.0593. The Balaban J connectivity index is 2.19. The monoisotopic (exact) mass is 228 g/mol. The molecule has 2 aliphatic heterocycles. The molecule has 0 spiro atoms. The van der Waals surface area contributed by atoms with E-state index in [4.69, 9.17) is 9.84 Å². The molecule has 1 N–H and O–H groups in total. The number of hydrogen-bond acceptors (Lipinski definition) is 4. The summed E-state index contributed by atoms with van der Waals surface area (Å²) in [6.07, 6.45) is -1.62. The highest BCUT2D eigenvalue weighted by atomic mass is 16.5. The first-order chi connectivity index (χ1) is 7.61. The maximum atomic E-state index is 11.5. The summed E-state index contributed by atoms with van der Waals surface area (Å²) in [7, 11) is 0. The van der Waals surface area contributed by atoms with Crippen molar-refractivity contribution in [3.63, 3.8) is 0 Å². The number of nitrogens with zero attached hydrogens (tertiary/aromatic N) is 2. The van der Waals surface area contributed by atoms with Gasteiger partial charge in [-0.05, 0) is 0 Å². The lowest BCUT2D eigenvalue weighted by Gasteiger charge is -2.37. The Morgan fingerprint density at radius 1 is 1.31 bits per heavy atom. The molecule has 1 atom stereocenters. The zero-order valence-electron chi connectivity index (χ0n) is 8.59. The molecular weight excluding hydrogens is 216 g/mol. The highest BCUT2D eigenvalue weighted by Gasteiger charge is 2.41. The molecule has 2 heterocycles. The number of carbonyl (C=O) groups excluding carboxylic acids is 2. The first-order valence-electron chi connectivity index (χ1n) is 5.03. The van der Waals surface area contributed by atoms with Gasteiger partial charge in [-0.25, -0.2) is 4.79 Å². The summed E-state index contributed by atoms with van der Waals surface area (Å²) in [4.78, 5) is 36.0. The smallest absolute Gasteiger partial charge is 0.409 e. The topological polar surface area (TPSA) is 87.2 Å². The fourth-order valence-electron chi connectivity index (χ4n) is 1.95. The summed E-state index contributed by atoms with van der Waals surface area (Å²) >= 11 is 0. The average molecular weight is 228 g/mol. The van der Waals surface area contributed by atoms with Crippen molar-refractivity contribution in [3.05, 3.63) is 0 Å². The summed E-state index contributed by atoms with van der Waals surface area (Å²) in [6.45, 7) is 0.528. The maximum Gasteiger partial charge on any atom is 0.409 e. The fourth-order valence-corrected chi connectivity index (χ4v) is 1.95.